The third kappa shape index (κ3) is 6.36. The van der Waals surface area contributed by atoms with E-state index >= 15 is 0 Å². The second-order valence-corrected chi connectivity index (χ2v) is 9.86. The zero-order chi connectivity index (χ0) is 16.5. The maximum Gasteiger partial charge on any atom is 0.244 e. The Kier molecular flexibility index (Phi) is 5.51. The molecule has 0 aromatic heterocycles. The number of hydrogen-bond acceptors (Lipinski definition) is 3. The second-order valence-electron chi connectivity index (χ2n) is 7.30. The van der Waals surface area contributed by atoms with Crippen LogP contribution in [0.25, 0.3) is 0 Å². The molecule has 0 saturated carbocycles. The van der Waals surface area contributed by atoms with Crippen LogP contribution in [0.1, 0.15) is 41.5 Å². The molecule has 0 atom stereocenters. The Balaban J connectivity index is 3.18. The fraction of sp³-hybridized carbons (Fsp3) is 0.600. The molecule has 1 aromatic rings. The molecule has 0 radical (unpaired) electrons. The normalized spacial score (nSPS) is 13.3. The molecule has 0 aliphatic carbocycles. The SMILES string of the molecule is CC(C)(C)COc1cc(Br)ccc1S(=O)(=O)NC(C)(C)C. The van der Waals surface area contributed by atoms with E-state index in [0.29, 0.717) is 12.4 Å². The van der Waals surface area contributed by atoms with Gasteiger partial charge in [-0.25, -0.2) is 13.1 Å². The maximum absolute atomic E-state index is 12.5. The summed E-state index contributed by atoms with van der Waals surface area (Å²) in [5.41, 5.74) is -0.603. The van der Waals surface area contributed by atoms with Crippen LogP contribution in [-0.4, -0.2) is 20.6 Å². The van der Waals surface area contributed by atoms with Gasteiger partial charge in [0, 0.05) is 10.0 Å². The first-order valence-electron chi connectivity index (χ1n) is 6.76. The second kappa shape index (κ2) is 6.26. The van der Waals surface area contributed by atoms with Crippen molar-refractivity contribution in [1.82, 2.24) is 4.72 Å². The van der Waals surface area contributed by atoms with Crippen LogP contribution in [0.4, 0.5) is 0 Å². The lowest BCUT2D eigenvalue weighted by molar-refractivity contribution is 0.193. The van der Waals surface area contributed by atoms with E-state index in [2.05, 4.69) is 20.7 Å². The van der Waals surface area contributed by atoms with Gasteiger partial charge < -0.3 is 4.74 Å². The highest BCUT2D eigenvalue weighted by atomic mass is 79.9. The van der Waals surface area contributed by atoms with Crippen molar-refractivity contribution >= 4 is 26.0 Å². The highest BCUT2D eigenvalue weighted by molar-refractivity contribution is 9.10. The smallest absolute Gasteiger partial charge is 0.244 e. The van der Waals surface area contributed by atoms with Gasteiger partial charge >= 0.3 is 0 Å². The van der Waals surface area contributed by atoms with Crippen LogP contribution in [0.2, 0.25) is 0 Å². The van der Waals surface area contributed by atoms with Gasteiger partial charge in [0.15, 0.2) is 0 Å². The molecule has 0 unspecified atom stereocenters. The van der Waals surface area contributed by atoms with Gasteiger partial charge in [0.25, 0.3) is 0 Å². The lowest BCUT2D eigenvalue weighted by atomic mass is 9.99. The summed E-state index contributed by atoms with van der Waals surface area (Å²) < 4.78 is 34.2. The van der Waals surface area contributed by atoms with E-state index in [4.69, 9.17) is 4.74 Å². The Morgan fingerprint density at radius 2 is 1.71 bits per heavy atom. The predicted octanol–water partition coefficient (Wildman–Crippen LogP) is 3.95. The van der Waals surface area contributed by atoms with Crippen LogP contribution in [0.5, 0.6) is 5.75 Å². The van der Waals surface area contributed by atoms with Crippen molar-refractivity contribution in [3.8, 4) is 5.75 Å². The van der Waals surface area contributed by atoms with E-state index in [9.17, 15) is 8.42 Å². The van der Waals surface area contributed by atoms with Crippen molar-refractivity contribution < 1.29 is 13.2 Å². The number of rotatable bonds is 4. The van der Waals surface area contributed by atoms with Crippen LogP contribution < -0.4 is 9.46 Å². The van der Waals surface area contributed by atoms with E-state index < -0.39 is 15.6 Å². The Morgan fingerprint density at radius 3 is 2.19 bits per heavy atom. The van der Waals surface area contributed by atoms with Crippen LogP contribution in [0, 0.1) is 5.41 Å². The first kappa shape index (κ1) is 18.5. The Labute approximate surface area is 136 Å². The third-order valence-corrected chi connectivity index (χ3v) is 4.59. The lowest BCUT2D eigenvalue weighted by Crippen LogP contribution is -2.40. The summed E-state index contributed by atoms with van der Waals surface area (Å²) in [7, 11) is -3.63. The van der Waals surface area contributed by atoms with Crippen molar-refractivity contribution in [2.24, 2.45) is 5.41 Å². The fourth-order valence-electron chi connectivity index (χ4n) is 1.57. The summed E-state index contributed by atoms with van der Waals surface area (Å²) in [6.45, 7) is 11.9. The molecule has 0 spiro atoms. The van der Waals surface area contributed by atoms with Gasteiger partial charge in [-0.05, 0) is 44.4 Å². The Hall–Kier alpha value is -0.590. The largest absolute Gasteiger partial charge is 0.492 e. The highest BCUT2D eigenvalue weighted by Gasteiger charge is 2.26. The summed E-state index contributed by atoms with van der Waals surface area (Å²) in [4.78, 5) is 0.157. The Morgan fingerprint density at radius 1 is 1.14 bits per heavy atom. The van der Waals surface area contributed by atoms with Crippen LogP contribution in [0.3, 0.4) is 0 Å². The minimum atomic E-state index is -3.63. The monoisotopic (exact) mass is 377 g/mol. The van der Waals surface area contributed by atoms with Gasteiger partial charge in [-0.1, -0.05) is 36.7 Å². The molecule has 1 aromatic carbocycles. The predicted molar refractivity (Wildman–Crippen MR) is 89.2 cm³/mol. The molecule has 1 rings (SSSR count). The minimum absolute atomic E-state index is 0.0548. The van der Waals surface area contributed by atoms with E-state index in [-0.39, 0.29) is 10.3 Å². The number of halogens is 1. The van der Waals surface area contributed by atoms with Gasteiger partial charge in [-0.2, -0.15) is 0 Å². The number of sulfonamides is 1. The minimum Gasteiger partial charge on any atom is -0.492 e. The lowest BCUT2D eigenvalue weighted by Gasteiger charge is -2.23. The zero-order valence-electron chi connectivity index (χ0n) is 13.5. The summed E-state index contributed by atoms with van der Waals surface area (Å²) in [5.74, 6) is 0.357. The first-order valence-corrected chi connectivity index (χ1v) is 9.04. The van der Waals surface area contributed by atoms with Crippen LogP contribution >= 0.6 is 15.9 Å². The molecule has 0 aliphatic heterocycles. The third-order valence-electron chi connectivity index (χ3n) is 2.30. The molecule has 0 bridgehead atoms. The molecule has 0 aliphatic rings. The molecule has 6 heteroatoms. The number of benzene rings is 1. The Bertz CT molecular complexity index is 598. The van der Waals surface area contributed by atoms with Crippen molar-refractivity contribution in [3.05, 3.63) is 22.7 Å². The average Bonchev–Trinajstić information content (AvgIpc) is 2.21. The van der Waals surface area contributed by atoms with Gasteiger partial charge in [-0.15, -0.1) is 0 Å². The fourth-order valence-corrected chi connectivity index (χ4v) is 3.46. The summed E-state index contributed by atoms with van der Waals surface area (Å²) >= 11 is 3.35. The summed E-state index contributed by atoms with van der Waals surface area (Å²) in [6, 6.07) is 4.93. The standard InChI is InChI=1S/C15H24BrNO3S/c1-14(2,3)10-20-12-9-11(16)7-8-13(12)21(18,19)17-15(4,5)6/h7-9,17H,10H2,1-6H3. The number of hydrogen-bond donors (Lipinski definition) is 1. The van der Waals surface area contributed by atoms with Crippen molar-refractivity contribution in [1.29, 1.82) is 0 Å². The van der Waals surface area contributed by atoms with Crippen molar-refractivity contribution in [2.45, 2.75) is 52.0 Å². The summed E-state index contributed by atoms with van der Waals surface area (Å²) in [6.07, 6.45) is 0. The molecule has 21 heavy (non-hydrogen) atoms. The van der Waals surface area contributed by atoms with Gasteiger partial charge in [-0.3, -0.25) is 0 Å². The van der Waals surface area contributed by atoms with E-state index in [1.54, 1.807) is 39.0 Å². The molecule has 120 valence electrons. The molecule has 1 N–H and O–H groups in total. The molecule has 0 amide bonds. The average molecular weight is 378 g/mol. The van der Waals surface area contributed by atoms with Gasteiger partial charge in [0.05, 0.1) is 6.61 Å². The highest BCUT2D eigenvalue weighted by Crippen LogP contribution is 2.30. The maximum atomic E-state index is 12.5. The zero-order valence-corrected chi connectivity index (χ0v) is 15.9. The van der Waals surface area contributed by atoms with Gasteiger partial charge in [0.1, 0.15) is 10.6 Å². The molecule has 0 saturated heterocycles. The molecule has 4 nitrogen and oxygen atoms in total. The van der Waals surface area contributed by atoms with Crippen LogP contribution in [-0.2, 0) is 10.0 Å². The number of nitrogens with one attached hydrogen (secondary N) is 1. The van der Waals surface area contributed by atoms with Crippen molar-refractivity contribution in [2.75, 3.05) is 6.61 Å². The van der Waals surface area contributed by atoms with Crippen molar-refractivity contribution in [3.63, 3.8) is 0 Å². The number of ether oxygens (including phenoxy) is 1. The van der Waals surface area contributed by atoms with E-state index in [0.717, 1.165) is 4.47 Å². The van der Waals surface area contributed by atoms with E-state index in [1.807, 2.05) is 20.8 Å². The summed E-state index contributed by atoms with van der Waals surface area (Å²) in [5, 5.41) is 0. The molecular weight excluding hydrogens is 354 g/mol. The molecule has 0 fully saturated rings. The van der Waals surface area contributed by atoms with Gasteiger partial charge in [0.2, 0.25) is 10.0 Å². The molecular formula is C15H24BrNO3S. The first-order chi connectivity index (χ1) is 9.30. The van der Waals surface area contributed by atoms with E-state index in [1.165, 1.54) is 0 Å². The topological polar surface area (TPSA) is 55.4 Å². The van der Waals surface area contributed by atoms with Crippen LogP contribution in [0.15, 0.2) is 27.6 Å². The molecule has 0 heterocycles. The quantitative estimate of drug-likeness (QED) is 0.863.